The van der Waals surface area contributed by atoms with Gasteiger partial charge in [0.05, 0.1) is 12.8 Å². The zero-order valence-electron chi connectivity index (χ0n) is 23.7. The number of esters is 1. The number of aromatic nitrogens is 3. The summed E-state index contributed by atoms with van der Waals surface area (Å²) in [5, 5.41) is 12.3. The number of hydrogen-bond acceptors (Lipinski definition) is 9. The van der Waals surface area contributed by atoms with Crippen LogP contribution in [0, 0.1) is 30.6 Å². The Morgan fingerprint density at radius 2 is 1.86 bits per heavy atom. The Balaban J connectivity index is 1.23. The van der Waals surface area contributed by atoms with Gasteiger partial charge in [0.2, 0.25) is 11.8 Å². The van der Waals surface area contributed by atoms with Gasteiger partial charge >= 0.3 is 5.97 Å². The maximum absolute atomic E-state index is 13.3. The van der Waals surface area contributed by atoms with Crippen molar-refractivity contribution in [3.63, 3.8) is 0 Å². The molecule has 0 unspecified atom stereocenters. The van der Waals surface area contributed by atoms with Crippen LogP contribution >= 0.6 is 11.5 Å². The second kappa shape index (κ2) is 13.0. The van der Waals surface area contributed by atoms with E-state index in [2.05, 4.69) is 30.3 Å². The van der Waals surface area contributed by atoms with Gasteiger partial charge in [-0.1, -0.05) is 10.6 Å². The van der Waals surface area contributed by atoms with Crippen LogP contribution in [0.2, 0.25) is 0 Å². The van der Waals surface area contributed by atoms with Crippen LogP contribution < -0.4 is 21.5 Å². The van der Waals surface area contributed by atoms with Gasteiger partial charge in [-0.25, -0.2) is 4.79 Å². The lowest BCUT2D eigenvalue weighted by Crippen LogP contribution is -2.56. The molecule has 2 aromatic rings. The first-order chi connectivity index (χ1) is 20.2. The molecule has 0 aromatic carbocycles. The number of nitrogens with zero attached hydrogens (tertiary/aromatic N) is 3. The van der Waals surface area contributed by atoms with E-state index in [1.165, 1.54) is 68.2 Å². The Hall–Kier alpha value is -3.87. The zero-order chi connectivity index (χ0) is 29.8. The minimum Gasteiger partial charge on any atom is -0.466 e. The number of methoxy groups -OCH3 is 1. The highest BCUT2D eigenvalue weighted by Crippen LogP contribution is 2.53. The van der Waals surface area contributed by atoms with E-state index in [9.17, 15) is 24.0 Å². The monoisotopic (exact) mass is 596 g/mol. The highest BCUT2D eigenvalue weighted by Gasteiger charge is 2.48. The van der Waals surface area contributed by atoms with Gasteiger partial charge in [-0.3, -0.25) is 19.2 Å². The molecule has 3 amide bonds. The van der Waals surface area contributed by atoms with E-state index in [-0.39, 0.29) is 41.9 Å². The Morgan fingerprint density at radius 1 is 1.14 bits per heavy atom. The van der Waals surface area contributed by atoms with Crippen molar-refractivity contribution in [2.45, 2.75) is 70.5 Å². The van der Waals surface area contributed by atoms with E-state index in [0.717, 1.165) is 23.4 Å². The fourth-order valence-corrected chi connectivity index (χ4v) is 7.53. The van der Waals surface area contributed by atoms with Crippen molar-refractivity contribution in [3.8, 4) is 0 Å². The van der Waals surface area contributed by atoms with Gasteiger partial charge in [0.25, 0.3) is 11.5 Å². The largest absolute Gasteiger partial charge is 0.466 e. The van der Waals surface area contributed by atoms with Crippen LogP contribution in [0.5, 0.6) is 0 Å². The van der Waals surface area contributed by atoms with Crippen LogP contribution in [0.3, 0.4) is 0 Å². The molecular weight excluding hydrogens is 560 g/mol. The fraction of sp³-hybridized carbons (Fsp3) is 0.552. The number of pyridine rings is 1. The molecule has 1 atom stereocenters. The van der Waals surface area contributed by atoms with Crippen molar-refractivity contribution in [1.29, 1.82) is 0 Å². The van der Waals surface area contributed by atoms with Crippen LogP contribution in [-0.2, 0) is 25.7 Å². The first-order valence-electron chi connectivity index (χ1n) is 14.4. The average molecular weight is 597 g/mol. The van der Waals surface area contributed by atoms with Crippen molar-refractivity contribution in [3.05, 3.63) is 51.4 Å². The normalized spacial score (nSPS) is 24.8. The predicted octanol–water partition coefficient (Wildman–Crippen LogP) is 2.20. The summed E-state index contributed by atoms with van der Waals surface area (Å²) in [6.45, 7) is 1.49. The van der Waals surface area contributed by atoms with Gasteiger partial charge in [0.1, 0.15) is 23.2 Å². The Bertz CT molecular complexity index is 1410. The molecule has 0 saturated heterocycles. The van der Waals surface area contributed by atoms with Crippen LogP contribution in [0.4, 0.5) is 5.69 Å². The molecule has 42 heavy (non-hydrogen) atoms. The molecule has 224 valence electrons. The number of allylic oxidation sites excluding steroid dienone is 1. The van der Waals surface area contributed by atoms with Crippen LogP contribution in [-0.4, -0.2) is 57.0 Å². The lowest BCUT2D eigenvalue weighted by atomic mass is 9.54. The van der Waals surface area contributed by atoms with Crippen molar-refractivity contribution in [1.82, 2.24) is 24.8 Å². The molecule has 0 radical (unpaired) electrons. The second-order valence-corrected chi connectivity index (χ2v) is 12.3. The van der Waals surface area contributed by atoms with E-state index in [1.54, 1.807) is 13.0 Å². The Morgan fingerprint density at radius 3 is 2.50 bits per heavy atom. The van der Waals surface area contributed by atoms with E-state index < -0.39 is 29.4 Å². The van der Waals surface area contributed by atoms with E-state index >= 15 is 0 Å². The molecule has 13 heteroatoms. The number of ether oxygens (including phenoxy) is 1. The van der Waals surface area contributed by atoms with Crippen molar-refractivity contribution in [2.24, 2.45) is 23.7 Å². The van der Waals surface area contributed by atoms with E-state index in [4.69, 9.17) is 0 Å². The maximum Gasteiger partial charge on any atom is 0.330 e. The van der Waals surface area contributed by atoms with Gasteiger partial charge in [-0.15, -0.1) is 5.10 Å². The van der Waals surface area contributed by atoms with Crippen LogP contribution in [0.15, 0.2) is 35.3 Å². The summed E-state index contributed by atoms with van der Waals surface area (Å²) in [7, 11) is 1.26. The molecule has 2 aromatic heterocycles. The maximum atomic E-state index is 13.3. The molecule has 4 bridgehead atoms. The first-order valence-corrected chi connectivity index (χ1v) is 15.1. The number of nitrogens with one attached hydrogen (secondary N) is 3. The third-order valence-electron chi connectivity index (χ3n) is 8.70. The van der Waals surface area contributed by atoms with Gasteiger partial charge < -0.3 is 25.3 Å². The summed E-state index contributed by atoms with van der Waals surface area (Å²) < 4.78 is 9.62. The topological polar surface area (TPSA) is 161 Å². The number of amides is 3. The molecular formula is C29H36N6O6S. The molecule has 4 fully saturated rings. The van der Waals surface area contributed by atoms with Crippen LogP contribution in [0.1, 0.15) is 60.3 Å². The molecule has 6 rings (SSSR count). The summed E-state index contributed by atoms with van der Waals surface area (Å²) >= 11 is 0.909. The number of hydrogen-bond donors (Lipinski definition) is 3. The van der Waals surface area contributed by atoms with Crippen molar-refractivity contribution in [2.75, 3.05) is 12.4 Å². The number of aryl methyl sites for hydroxylation is 1. The molecule has 3 N–H and O–H groups in total. The molecule has 4 saturated carbocycles. The van der Waals surface area contributed by atoms with Gasteiger partial charge in [0.15, 0.2) is 0 Å². The predicted molar refractivity (Wildman–Crippen MR) is 155 cm³/mol. The number of carbonyl (C=O) groups excluding carboxylic acids is 4. The van der Waals surface area contributed by atoms with Gasteiger partial charge in [-0.05, 0) is 99.2 Å². The smallest absolute Gasteiger partial charge is 0.330 e. The van der Waals surface area contributed by atoms with Gasteiger partial charge in [0, 0.05) is 18.3 Å². The third kappa shape index (κ3) is 6.77. The third-order valence-corrected chi connectivity index (χ3v) is 9.53. The van der Waals surface area contributed by atoms with Gasteiger partial charge in [-0.2, -0.15) is 0 Å². The molecule has 4 aliphatic carbocycles. The standard InChI is InChI=1S/C29H36N6O6S/c1-16-26(42-34-33-16)28(39)30-21(6-3-4-8-24(37)41-2)27(38)31-22-7-5-9-35(29(22)40)15-23(36)32-25-19-11-17-10-18(13-19)14-20(25)12-17/h4-5,7-9,17-21,25H,3,6,10-15H2,1-2H3,(H,30,39)(H,31,38)(H,32,36)/b8-4+/t17?,18?,19?,20?,21-,25?/m0/s1. The summed E-state index contributed by atoms with van der Waals surface area (Å²) in [6.07, 6.45) is 10.7. The van der Waals surface area contributed by atoms with Crippen molar-refractivity contribution >= 4 is 40.9 Å². The summed E-state index contributed by atoms with van der Waals surface area (Å²) in [6, 6.07) is 2.18. The summed E-state index contributed by atoms with van der Waals surface area (Å²) in [5.41, 5.74) is -0.103. The van der Waals surface area contributed by atoms with E-state index in [0.29, 0.717) is 17.5 Å². The fourth-order valence-electron chi connectivity index (χ4n) is 6.97. The minimum atomic E-state index is -1.03. The van der Waals surface area contributed by atoms with E-state index in [1.807, 2.05) is 0 Å². The highest BCUT2D eigenvalue weighted by molar-refractivity contribution is 7.08. The Kier molecular flexibility index (Phi) is 9.15. The molecule has 4 aliphatic rings. The molecule has 0 aliphatic heterocycles. The number of rotatable bonds is 11. The molecule has 0 spiro atoms. The summed E-state index contributed by atoms with van der Waals surface area (Å²) in [5.74, 6) is 0.743. The summed E-state index contributed by atoms with van der Waals surface area (Å²) in [4.78, 5) is 64.0. The van der Waals surface area contributed by atoms with Crippen molar-refractivity contribution < 1.29 is 23.9 Å². The number of anilines is 1. The lowest BCUT2D eigenvalue weighted by Gasteiger charge is -2.54. The van der Waals surface area contributed by atoms with Crippen LogP contribution in [0.25, 0.3) is 0 Å². The average Bonchev–Trinajstić information content (AvgIpc) is 3.39. The number of carbonyl (C=O) groups is 4. The Labute approximate surface area is 247 Å². The minimum absolute atomic E-state index is 0.00934. The lowest BCUT2D eigenvalue weighted by molar-refractivity contribution is -0.134. The highest BCUT2D eigenvalue weighted by atomic mass is 32.1. The zero-order valence-corrected chi connectivity index (χ0v) is 24.5. The quantitative estimate of drug-likeness (QED) is 0.263. The molecule has 12 nitrogen and oxygen atoms in total. The first kappa shape index (κ1) is 29.6. The SMILES string of the molecule is COC(=O)/C=C/CC[C@H](NC(=O)c1snnc1C)C(=O)Nc1cccn(CC(=O)NC2C3CC4CC(C3)CC2C4)c1=O. The second-order valence-electron chi connectivity index (χ2n) is 11.6. The molecule has 2 heterocycles.